The molecule has 0 saturated heterocycles. The van der Waals surface area contributed by atoms with Crippen molar-refractivity contribution >= 4 is 17.9 Å². The summed E-state index contributed by atoms with van der Waals surface area (Å²) >= 11 is 0. The first-order chi connectivity index (χ1) is 29.5. The van der Waals surface area contributed by atoms with Gasteiger partial charge in [0.15, 0.2) is 6.10 Å². The van der Waals surface area contributed by atoms with E-state index in [9.17, 15) is 14.4 Å². The van der Waals surface area contributed by atoms with Gasteiger partial charge in [-0.15, -0.1) is 0 Å². The second-order valence-electron chi connectivity index (χ2n) is 16.3. The fraction of sp³-hybridized carbons (Fsp3) is 0.722. The first-order valence-corrected chi connectivity index (χ1v) is 24.9. The molecule has 344 valence electrons. The molecule has 0 aliphatic rings. The van der Waals surface area contributed by atoms with Crippen LogP contribution in [0.1, 0.15) is 233 Å². The molecule has 0 aromatic heterocycles. The number of hydrogen-bond acceptors (Lipinski definition) is 6. The Morgan fingerprint density at radius 1 is 0.350 bits per heavy atom. The summed E-state index contributed by atoms with van der Waals surface area (Å²) in [6, 6.07) is 0. The smallest absolute Gasteiger partial charge is 0.306 e. The monoisotopic (exact) mass is 837 g/mol. The fourth-order valence-corrected chi connectivity index (χ4v) is 6.76. The van der Waals surface area contributed by atoms with E-state index in [2.05, 4.69) is 93.7 Å². The van der Waals surface area contributed by atoms with Crippen LogP contribution in [0.15, 0.2) is 72.9 Å². The molecular weight excluding hydrogens is 745 g/mol. The van der Waals surface area contributed by atoms with E-state index < -0.39 is 6.10 Å². The summed E-state index contributed by atoms with van der Waals surface area (Å²) in [6.07, 6.45) is 60.2. The molecule has 0 bridgehead atoms. The van der Waals surface area contributed by atoms with Gasteiger partial charge in [-0.2, -0.15) is 0 Å². The molecule has 0 spiro atoms. The van der Waals surface area contributed by atoms with Gasteiger partial charge < -0.3 is 14.2 Å². The van der Waals surface area contributed by atoms with Crippen LogP contribution in [-0.4, -0.2) is 37.2 Å². The Morgan fingerprint density at radius 3 is 1.02 bits per heavy atom. The van der Waals surface area contributed by atoms with Crippen molar-refractivity contribution in [3.8, 4) is 0 Å². The van der Waals surface area contributed by atoms with Crippen molar-refractivity contribution in [3.05, 3.63) is 72.9 Å². The maximum atomic E-state index is 12.8. The lowest BCUT2D eigenvalue weighted by Crippen LogP contribution is -2.30. The minimum absolute atomic E-state index is 0.0869. The molecule has 0 radical (unpaired) electrons. The lowest BCUT2D eigenvalue weighted by molar-refractivity contribution is -0.167. The zero-order valence-electron chi connectivity index (χ0n) is 39.2. The van der Waals surface area contributed by atoms with Crippen LogP contribution in [0, 0.1) is 0 Å². The highest BCUT2D eigenvalue weighted by Gasteiger charge is 2.19. The summed E-state index contributed by atoms with van der Waals surface area (Å²) in [4.78, 5) is 37.9. The SMILES string of the molecule is CC/C=C\C/C=C\C/C=C\CCCCCCCC(=O)OC[C@H](COC(=O)CCCCCCCCCCCCCC)OC(=O)CCCCCCC/C=C\C/C=C\C/C=C\CC. The van der Waals surface area contributed by atoms with E-state index in [-0.39, 0.29) is 31.1 Å². The molecule has 0 rings (SSSR count). The van der Waals surface area contributed by atoms with Gasteiger partial charge in [0, 0.05) is 19.3 Å². The van der Waals surface area contributed by atoms with Gasteiger partial charge in [0.05, 0.1) is 0 Å². The molecule has 0 fully saturated rings. The fourth-order valence-electron chi connectivity index (χ4n) is 6.76. The highest BCUT2D eigenvalue weighted by molar-refractivity contribution is 5.71. The zero-order chi connectivity index (χ0) is 43.7. The molecule has 6 nitrogen and oxygen atoms in total. The van der Waals surface area contributed by atoms with E-state index >= 15 is 0 Å². The first-order valence-electron chi connectivity index (χ1n) is 24.9. The molecule has 0 aromatic carbocycles. The molecule has 0 aliphatic heterocycles. The maximum absolute atomic E-state index is 12.8. The molecule has 0 unspecified atom stereocenters. The molecule has 0 aliphatic carbocycles. The minimum atomic E-state index is -0.789. The van der Waals surface area contributed by atoms with Crippen LogP contribution >= 0.6 is 0 Å². The maximum Gasteiger partial charge on any atom is 0.306 e. The molecular formula is C54H92O6. The van der Waals surface area contributed by atoms with Gasteiger partial charge in [-0.3, -0.25) is 14.4 Å². The Hall–Kier alpha value is -3.15. The third-order valence-corrected chi connectivity index (χ3v) is 10.5. The molecule has 0 aromatic rings. The van der Waals surface area contributed by atoms with Crippen molar-refractivity contribution in [3.63, 3.8) is 0 Å². The highest BCUT2D eigenvalue weighted by Crippen LogP contribution is 2.14. The summed E-state index contributed by atoms with van der Waals surface area (Å²) in [5, 5.41) is 0. The summed E-state index contributed by atoms with van der Waals surface area (Å²) in [6.45, 7) is 6.38. The predicted octanol–water partition coefficient (Wildman–Crippen LogP) is 16.3. The topological polar surface area (TPSA) is 78.9 Å². The van der Waals surface area contributed by atoms with E-state index in [1.54, 1.807) is 0 Å². The highest BCUT2D eigenvalue weighted by atomic mass is 16.6. The van der Waals surface area contributed by atoms with Gasteiger partial charge >= 0.3 is 17.9 Å². The van der Waals surface area contributed by atoms with Crippen LogP contribution in [0.25, 0.3) is 0 Å². The molecule has 0 amide bonds. The third kappa shape index (κ3) is 45.9. The summed E-state index contributed by atoms with van der Waals surface area (Å²) in [5.74, 6) is -0.921. The van der Waals surface area contributed by atoms with Crippen molar-refractivity contribution in [2.45, 2.75) is 239 Å². The van der Waals surface area contributed by atoms with Crippen molar-refractivity contribution in [2.24, 2.45) is 0 Å². The van der Waals surface area contributed by atoms with Crippen molar-refractivity contribution in [2.75, 3.05) is 13.2 Å². The van der Waals surface area contributed by atoms with Crippen LogP contribution in [0.2, 0.25) is 0 Å². The Labute approximate surface area is 370 Å². The third-order valence-electron chi connectivity index (χ3n) is 10.5. The number of rotatable bonds is 44. The number of carbonyl (C=O) groups is 3. The molecule has 0 N–H and O–H groups in total. The number of esters is 3. The van der Waals surface area contributed by atoms with Crippen LogP contribution < -0.4 is 0 Å². The Balaban J connectivity index is 4.44. The Bertz CT molecular complexity index is 1140. The van der Waals surface area contributed by atoms with Crippen LogP contribution in [0.4, 0.5) is 0 Å². The molecule has 6 heteroatoms. The molecule has 0 saturated carbocycles. The van der Waals surface area contributed by atoms with E-state index in [0.717, 1.165) is 135 Å². The first kappa shape index (κ1) is 56.9. The van der Waals surface area contributed by atoms with Gasteiger partial charge in [-0.05, 0) is 83.5 Å². The van der Waals surface area contributed by atoms with Crippen molar-refractivity contribution < 1.29 is 28.6 Å². The van der Waals surface area contributed by atoms with E-state index in [1.165, 1.54) is 57.8 Å². The van der Waals surface area contributed by atoms with Crippen LogP contribution in [-0.2, 0) is 28.6 Å². The van der Waals surface area contributed by atoms with Gasteiger partial charge in [-0.25, -0.2) is 0 Å². The van der Waals surface area contributed by atoms with Crippen LogP contribution in [0.5, 0.6) is 0 Å². The molecule has 0 heterocycles. The standard InChI is InChI=1S/C54H92O6/c1-4-7-10-13-16-19-22-25-27-29-32-35-38-41-44-47-53(56)59-50-51(49-58-52(55)46-43-40-37-34-31-24-21-18-15-12-9-6-3)60-54(57)48-45-42-39-36-33-30-28-26-23-20-17-14-11-8-5-2/h7-8,10-11,16-17,19-20,25-28,51H,4-6,9,12-15,18,21-24,29-50H2,1-3H3/b10-7-,11-8-,19-16-,20-17-,27-25-,28-26-/t51-/m0/s1. The largest absolute Gasteiger partial charge is 0.462 e. The van der Waals surface area contributed by atoms with Gasteiger partial charge in [-0.1, -0.05) is 203 Å². The zero-order valence-corrected chi connectivity index (χ0v) is 39.2. The number of ether oxygens (including phenoxy) is 3. The summed E-state index contributed by atoms with van der Waals surface area (Å²) in [7, 11) is 0. The molecule has 60 heavy (non-hydrogen) atoms. The number of allylic oxidation sites excluding steroid dienone is 12. The molecule has 1 atom stereocenters. The Kier molecular flexibility index (Phi) is 46.0. The number of hydrogen-bond donors (Lipinski definition) is 0. The van der Waals surface area contributed by atoms with E-state index in [4.69, 9.17) is 14.2 Å². The second kappa shape index (κ2) is 48.5. The predicted molar refractivity (Wildman–Crippen MR) is 256 cm³/mol. The normalized spacial score (nSPS) is 12.7. The average molecular weight is 837 g/mol. The summed E-state index contributed by atoms with van der Waals surface area (Å²) in [5.41, 5.74) is 0. The van der Waals surface area contributed by atoms with Gasteiger partial charge in [0.25, 0.3) is 0 Å². The van der Waals surface area contributed by atoms with Crippen molar-refractivity contribution in [1.29, 1.82) is 0 Å². The number of carbonyl (C=O) groups excluding carboxylic acids is 3. The van der Waals surface area contributed by atoms with E-state index in [0.29, 0.717) is 19.3 Å². The van der Waals surface area contributed by atoms with E-state index in [1.807, 2.05) is 0 Å². The van der Waals surface area contributed by atoms with Crippen LogP contribution in [0.3, 0.4) is 0 Å². The van der Waals surface area contributed by atoms with Gasteiger partial charge in [0.1, 0.15) is 13.2 Å². The summed E-state index contributed by atoms with van der Waals surface area (Å²) < 4.78 is 16.8. The second-order valence-corrected chi connectivity index (χ2v) is 16.3. The minimum Gasteiger partial charge on any atom is -0.462 e. The van der Waals surface area contributed by atoms with Gasteiger partial charge in [0.2, 0.25) is 0 Å². The average Bonchev–Trinajstić information content (AvgIpc) is 3.24. The lowest BCUT2D eigenvalue weighted by Gasteiger charge is -2.18. The quantitative estimate of drug-likeness (QED) is 0.0263. The lowest BCUT2D eigenvalue weighted by atomic mass is 10.0. The Morgan fingerprint density at radius 2 is 0.650 bits per heavy atom. The number of unbranched alkanes of at least 4 members (excludes halogenated alkanes) is 21. The van der Waals surface area contributed by atoms with Crippen molar-refractivity contribution in [1.82, 2.24) is 0 Å².